The van der Waals surface area contributed by atoms with E-state index in [1.807, 2.05) is 0 Å². The number of halogens is 1. The van der Waals surface area contributed by atoms with Crippen molar-refractivity contribution < 1.29 is 9.72 Å². The van der Waals surface area contributed by atoms with Gasteiger partial charge in [-0.25, -0.2) is 0 Å². The van der Waals surface area contributed by atoms with E-state index >= 15 is 0 Å². The minimum Gasteiger partial charge on any atom is -0.336 e. The highest BCUT2D eigenvalue weighted by atomic mass is 35.5. The monoisotopic (exact) mass is 373 g/mol. The number of aryl methyl sites for hydroxylation is 1. The third kappa shape index (κ3) is 4.20. The summed E-state index contributed by atoms with van der Waals surface area (Å²) in [6.07, 6.45) is 0. The van der Waals surface area contributed by atoms with Gasteiger partial charge in [0.2, 0.25) is 0 Å². The number of rotatable bonds is 4. The summed E-state index contributed by atoms with van der Waals surface area (Å²) in [4.78, 5) is 27.0. The summed E-state index contributed by atoms with van der Waals surface area (Å²) in [6.45, 7) is 5.72. The first-order valence-corrected chi connectivity index (χ1v) is 8.83. The summed E-state index contributed by atoms with van der Waals surface area (Å²) in [5.41, 5.74) is 2.70. The molecule has 3 rings (SSSR count). The molecular weight excluding hydrogens is 354 g/mol. The van der Waals surface area contributed by atoms with Gasteiger partial charge in [-0.2, -0.15) is 0 Å². The zero-order valence-electron chi connectivity index (χ0n) is 14.5. The average molecular weight is 374 g/mol. The molecule has 2 aromatic carbocycles. The van der Waals surface area contributed by atoms with Gasteiger partial charge in [0.25, 0.3) is 11.6 Å². The molecule has 136 valence electrons. The number of hydrogen-bond donors (Lipinski definition) is 0. The number of benzene rings is 2. The molecule has 1 aliphatic heterocycles. The molecule has 1 heterocycles. The van der Waals surface area contributed by atoms with E-state index in [0.29, 0.717) is 18.7 Å². The lowest BCUT2D eigenvalue weighted by atomic mass is 10.1. The van der Waals surface area contributed by atoms with Crippen LogP contribution in [0.3, 0.4) is 0 Å². The molecule has 0 unspecified atom stereocenters. The van der Waals surface area contributed by atoms with E-state index in [-0.39, 0.29) is 16.6 Å². The number of non-ortho nitro benzene ring substituents is 1. The molecule has 1 aliphatic rings. The summed E-state index contributed by atoms with van der Waals surface area (Å²) in [5, 5.41) is 10.9. The van der Waals surface area contributed by atoms with Crippen LogP contribution in [0.15, 0.2) is 42.5 Å². The molecular formula is C19H20ClN3O3. The maximum Gasteiger partial charge on any atom is 0.270 e. The van der Waals surface area contributed by atoms with Crippen molar-refractivity contribution >= 4 is 23.2 Å². The highest BCUT2D eigenvalue weighted by molar-refractivity contribution is 6.34. The Labute approximate surface area is 157 Å². The molecule has 0 spiro atoms. The topological polar surface area (TPSA) is 66.7 Å². The van der Waals surface area contributed by atoms with Crippen LogP contribution in [0.2, 0.25) is 5.02 Å². The summed E-state index contributed by atoms with van der Waals surface area (Å²) < 4.78 is 0. The molecule has 0 saturated carbocycles. The van der Waals surface area contributed by atoms with Crippen LogP contribution in [0.5, 0.6) is 0 Å². The average Bonchev–Trinajstić information content (AvgIpc) is 2.61. The molecule has 0 radical (unpaired) electrons. The van der Waals surface area contributed by atoms with Crippen LogP contribution >= 0.6 is 11.6 Å². The number of piperazine rings is 1. The minimum atomic E-state index is -0.524. The standard InChI is InChI=1S/C19H20ClN3O3/c1-14-3-2-4-15(11-14)13-21-7-9-22(10-8-21)19(24)17-6-5-16(23(25)26)12-18(17)20/h2-6,11-12H,7-10,13H2,1H3. The van der Waals surface area contributed by atoms with E-state index in [4.69, 9.17) is 11.6 Å². The fourth-order valence-corrected chi connectivity index (χ4v) is 3.39. The molecule has 0 bridgehead atoms. The first kappa shape index (κ1) is 18.4. The van der Waals surface area contributed by atoms with Crippen LogP contribution < -0.4 is 0 Å². The van der Waals surface area contributed by atoms with Crippen molar-refractivity contribution in [3.05, 3.63) is 74.3 Å². The van der Waals surface area contributed by atoms with Gasteiger partial charge in [0.05, 0.1) is 15.5 Å². The molecule has 0 atom stereocenters. The quantitative estimate of drug-likeness (QED) is 0.607. The molecule has 1 amide bonds. The molecule has 0 N–H and O–H groups in total. The second kappa shape index (κ2) is 7.85. The van der Waals surface area contributed by atoms with Crippen molar-refractivity contribution in [2.45, 2.75) is 13.5 Å². The van der Waals surface area contributed by atoms with Gasteiger partial charge in [0.15, 0.2) is 0 Å². The maximum atomic E-state index is 12.7. The van der Waals surface area contributed by atoms with E-state index in [2.05, 4.69) is 36.1 Å². The van der Waals surface area contributed by atoms with E-state index in [0.717, 1.165) is 19.6 Å². The molecule has 1 saturated heterocycles. The van der Waals surface area contributed by atoms with Crippen LogP contribution in [-0.4, -0.2) is 46.8 Å². The Balaban J connectivity index is 1.61. The summed E-state index contributed by atoms with van der Waals surface area (Å²) in [6, 6.07) is 12.4. The zero-order chi connectivity index (χ0) is 18.7. The number of amides is 1. The second-order valence-electron chi connectivity index (χ2n) is 6.48. The first-order valence-electron chi connectivity index (χ1n) is 8.45. The molecule has 2 aromatic rings. The Morgan fingerprint density at radius 3 is 2.50 bits per heavy atom. The van der Waals surface area contributed by atoms with Crippen molar-refractivity contribution in [3.63, 3.8) is 0 Å². The number of carbonyl (C=O) groups is 1. The molecule has 7 heteroatoms. The Morgan fingerprint density at radius 2 is 1.88 bits per heavy atom. The van der Waals surface area contributed by atoms with Crippen molar-refractivity contribution in [1.82, 2.24) is 9.80 Å². The lowest BCUT2D eigenvalue weighted by Gasteiger charge is -2.35. The number of hydrogen-bond acceptors (Lipinski definition) is 4. The second-order valence-corrected chi connectivity index (χ2v) is 6.89. The number of nitro groups is 1. The van der Waals surface area contributed by atoms with Crippen LogP contribution in [-0.2, 0) is 6.54 Å². The van der Waals surface area contributed by atoms with Crippen LogP contribution in [0, 0.1) is 17.0 Å². The predicted molar refractivity (Wildman–Crippen MR) is 100 cm³/mol. The van der Waals surface area contributed by atoms with Crippen LogP contribution in [0.1, 0.15) is 21.5 Å². The number of carbonyl (C=O) groups excluding carboxylic acids is 1. The third-order valence-electron chi connectivity index (χ3n) is 4.54. The highest BCUT2D eigenvalue weighted by Gasteiger charge is 2.24. The van der Waals surface area contributed by atoms with Crippen LogP contribution in [0.4, 0.5) is 5.69 Å². The van der Waals surface area contributed by atoms with Crippen molar-refractivity contribution in [3.8, 4) is 0 Å². The highest BCUT2D eigenvalue weighted by Crippen LogP contribution is 2.24. The minimum absolute atomic E-state index is 0.116. The van der Waals surface area contributed by atoms with E-state index < -0.39 is 4.92 Å². The van der Waals surface area contributed by atoms with Gasteiger partial charge in [0, 0.05) is 44.9 Å². The van der Waals surface area contributed by atoms with Gasteiger partial charge in [-0.15, -0.1) is 0 Å². The lowest BCUT2D eigenvalue weighted by molar-refractivity contribution is -0.384. The molecule has 26 heavy (non-hydrogen) atoms. The van der Waals surface area contributed by atoms with Gasteiger partial charge >= 0.3 is 0 Å². The molecule has 6 nitrogen and oxygen atoms in total. The maximum absolute atomic E-state index is 12.7. The number of nitro benzene ring substituents is 1. The molecule has 1 fully saturated rings. The SMILES string of the molecule is Cc1cccc(CN2CCN(C(=O)c3ccc([N+](=O)[O-])cc3Cl)CC2)c1. The largest absolute Gasteiger partial charge is 0.336 e. The van der Waals surface area contributed by atoms with Crippen LogP contribution in [0.25, 0.3) is 0 Å². The van der Waals surface area contributed by atoms with Gasteiger partial charge in [-0.3, -0.25) is 19.8 Å². The summed E-state index contributed by atoms with van der Waals surface area (Å²) in [5.74, 6) is -0.180. The Morgan fingerprint density at radius 1 is 1.15 bits per heavy atom. The van der Waals surface area contributed by atoms with Crippen molar-refractivity contribution in [2.75, 3.05) is 26.2 Å². The Bertz CT molecular complexity index is 833. The van der Waals surface area contributed by atoms with Gasteiger partial charge in [-0.05, 0) is 18.6 Å². The van der Waals surface area contributed by atoms with Gasteiger partial charge in [-0.1, -0.05) is 41.4 Å². The molecule has 0 aliphatic carbocycles. The molecule has 0 aromatic heterocycles. The summed E-state index contributed by atoms with van der Waals surface area (Å²) in [7, 11) is 0. The fourth-order valence-electron chi connectivity index (χ4n) is 3.14. The van der Waals surface area contributed by atoms with E-state index in [1.54, 1.807) is 4.90 Å². The van der Waals surface area contributed by atoms with E-state index in [1.165, 1.54) is 29.3 Å². The predicted octanol–water partition coefficient (Wildman–Crippen LogP) is 3.51. The third-order valence-corrected chi connectivity index (χ3v) is 4.85. The fraction of sp³-hybridized carbons (Fsp3) is 0.316. The van der Waals surface area contributed by atoms with Crippen molar-refractivity contribution in [2.24, 2.45) is 0 Å². The van der Waals surface area contributed by atoms with Gasteiger partial charge < -0.3 is 4.90 Å². The lowest BCUT2D eigenvalue weighted by Crippen LogP contribution is -2.48. The smallest absolute Gasteiger partial charge is 0.270 e. The van der Waals surface area contributed by atoms with Gasteiger partial charge in [0.1, 0.15) is 0 Å². The first-order chi connectivity index (χ1) is 12.4. The number of nitrogens with zero attached hydrogens (tertiary/aromatic N) is 3. The van der Waals surface area contributed by atoms with E-state index in [9.17, 15) is 14.9 Å². The summed E-state index contributed by atoms with van der Waals surface area (Å²) >= 11 is 6.08. The normalized spacial score (nSPS) is 15.1. The Hall–Kier alpha value is -2.44. The zero-order valence-corrected chi connectivity index (χ0v) is 15.3. The van der Waals surface area contributed by atoms with Crippen molar-refractivity contribution in [1.29, 1.82) is 0 Å². The Kier molecular flexibility index (Phi) is 5.54.